The Kier molecular flexibility index (Phi) is 29.9. The number of carboxylic acid groups (broad SMARTS) is 2. The van der Waals surface area contributed by atoms with E-state index in [4.69, 9.17) is 15.0 Å². The number of amides is 2. The second-order valence-electron chi connectivity index (χ2n) is 22.3. The van der Waals surface area contributed by atoms with E-state index >= 15 is 0 Å². The van der Waals surface area contributed by atoms with E-state index in [2.05, 4.69) is 55.2 Å². The molecule has 3 fully saturated rings. The first-order chi connectivity index (χ1) is 48.5. The third kappa shape index (κ3) is 24.7. The molecule has 3 saturated carbocycles. The van der Waals surface area contributed by atoms with Crippen LogP contribution in [-0.2, 0) is 64.3 Å². The smallest absolute Gasteiger partial charge is 0.870 e. The number of aliphatic carboxylic acids is 2. The van der Waals surface area contributed by atoms with Gasteiger partial charge in [0.25, 0.3) is 5.91 Å². The number of aromatic nitrogens is 6. The van der Waals surface area contributed by atoms with Crippen LogP contribution >= 0.6 is 0 Å². The molecule has 2 amide bonds. The van der Waals surface area contributed by atoms with E-state index in [-0.39, 0.29) is 70.9 Å². The van der Waals surface area contributed by atoms with Crippen molar-refractivity contribution in [3.8, 4) is 11.3 Å². The van der Waals surface area contributed by atoms with Crippen molar-refractivity contribution in [2.75, 3.05) is 19.5 Å². The summed E-state index contributed by atoms with van der Waals surface area (Å²) < 4.78 is 224. The van der Waals surface area contributed by atoms with E-state index in [1.165, 1.54) is 57.0 Å². The van der Waals surface area contributed by atoms with Gasteiger partial charge >= 0.3 is 79.8 Å². The van der Waals surface area contributed by atoms with Crippen molar-refractivity contribution in [3.63, 3.8) is 0 Å². The summed E-state index contributed by atoms with van der Waals surface area (Å²) in [5.74, 6) is -6.80. The van der Waals surface area contributed by atoms with Crippen molar-refractivity contribution < 1.29 is 162 Å². The molecule has 7 heterocycles. The average Bonchev–Trinajstić information content (AvgIpc) is 1.61. The molecule has 8 N–H and O–H groups in total. The van der Waals surface area contributed by atoms with Gasteiger partial charge in [-0.1, -0.05) is 54.6 Å². The number of benzene rings is 2. The third-order valence-corrected chi connectivity index (χ3v) is 15.1. The molecule has 12 rings (SSSR count). The molecule has 566 valence electrons. The standard InChI is InChI=1S/C26H18F3N5O2.C11H10F3NO2.2C10H8F3NO2.C7H4F3NO.C2HF3O2.Li.2H2O/c27-26(28,29)21-7-6-14(11-30-21)16-10-17(16)24(35)32-15-8-18-22-19(12-31-34-25(18)36)23(33-20(22)9-15)13-4-2-1-3-5-13;1-17-10(16)8-4-7(8)6-2-3-9(15-5-6)11(12,13)14;11-10(12,13)8-2-1-5(4-14-8)6-3-7(6)9(15)16;1-16-9(15)5-3-7-2-4-8(14-6-7)10(11,12)13;8-7(9,10)6-2-1-5(4-12)3-11-6;3-2(4,5)1(6)7;;;/h1-9,11-12,16-17,33H,10H2,(H,32,35)(H,34,36);2-3,5,7-8H,4H2,1H3;1-2,4,6-7H,3H2,(H,15,16);2-6H,1H3;1-4H;(H,6,7);;2*1H2/q;;;;;;+1;;/p-1/b;;;5-3+;;;;;. The van der Waals surface area contributed by atoms with Gasteiger partial charge in [0.2, 0.25) is 5.91 Å². The molecule has 2 aromatic carbocycles. The number of H-pyrrole nitrogens is 1. The van der Waals surface area contributed by atoms with Gasteiger partial charge in [-0.2, -0.15) is 84.1 Å². The van der Waals surface area contributed by atoms with E-state index < -0.39 is 101 Å². The van der Waals surface area contributed by atoms with Gasteiger partial charge < -0.3 is 40.9 Å². The topological polar surface area (TPSA) is 357 Å². The van der Waals surface area contributed by atoms with Crippen LogP contribution in [0.1, 0.15) is 114 Å². The first kappa shape index (κ1) is 88.3. The van der Waals surface area contributed by atoms with Gasteiger partial charge in [-0.15, -0.1) is 0 Å². The number of nitrogens with one attached hydrogen (secondary N) is 3. The monoisotopic (exact) mass is 1530 g/mol. The number of ether oxygens (including phenoxy) is 2. The number of nitrogens with zero attached hydrogens (tertiary/aromatic N) is 6. The van der Waals surface area contributed by atoms with Gasteiger partial charge in [0, 0.05) is 70.7 Å². The van der Waals surface area contributed by atoms with E-state index in [9.17, 15) is 108 Å². The summed E-state index contributed by atoms with van der Waals surface area (Å²) in [6.45, 7) is 0. The summed E-state index contributed by atoms with van der Waals surface area (Å²) in [6, 6.07) is 23.7. The number of rotatable bonds is 11. The first-order valence-electron chi connectivity index (χ1n) is 29.4. The molecule has 0 bridgehead atoms. The maximum absolute atomic E-state index is 12.9. The van der Waals surface area contributed by atoms with Gasteiger partial charge in [0.05, 0.1) is 43.5 Å². The van der Waals surface area contributed by atoms with E-state index in [1.807, 2.05) is 30.3 Å². The minimum atomic E-state index is -5.08. The van der Waals surface area contributed by atoms with Gasteiger partial charge in [0.15, 0.2) is 6.29 Å². The number of aldehydes is 1. The Labute approximate surface area is 601 Å². The molecule has 6 aromatic heterocycles. The predicted molar refractivity (Wildman–Crippen MR) is 331 cm³/mol. The van der Waals surface area contributed by atoms with Crippen molar-refractivity contribution in [1.82, 2.24) is 35.3 Å². The van der Waals surface area contributed by atoms with Crippen LogP contribution in [0.2, 0.25) is 0 Å². The Morgan fingerprint density at radius 2 is 0.963 bits per heavy atom. The van der Waals surface area contributed by atoms with Crippen molar-refractivity contribution in [1.29, 1.82) is 0 Å². The van der Waals surface area contributed by atoms with Crippen molar-refractivity contribution in [2.45, 2.75) is 74.1 Å². The van der Waals surface area contributed by atoms with Crippen molar-refractivity contribution >= 4 is 70.9 Å². The Morgan fingerprint density at radius 1 is 0.551 bits per heavy atom. The fourth-order valence-electron chi connectivity index (χ4n) is 9.61. The molecule has 107 heavy (non-hydrogen) atoms. The second kappa shape index (κ2) is 36.3. The maximum atomic E-state index is 12.9. The number of hydrazone groups is 1. The van der Waals surface area contributed by atoms with Gasteiger partial charge in [-0.3, -0.25) is 48.9 Å². The van der Waals surface area contributed by atoms with Crippen LogP contribution < -0.4 is 29.6 Å². The number of aromatic amines is 1. The second-order valence-corrected chi connectivity index (χ2v) is 22.3. The minimum absolute atomic E-state index is 0. The number of carbonyl (C=O) groups excluding carboxylic acids is 5. The number of halogens is 18. The molecule has 3 aliphatic carbocycles. The summed E-state index contributed by atoms with van der Waals surface area (Å²) in [5.41, 5.74) is 3.95. The zero-order valence-electron chi connectivity index (χ0n) is 54.6. The molecular formula is C66H52F18LiN9O13. The van der Waals surface area contributed by atoms with E-state index in [0.29, 0.717) is 70.0 Å². The summed E-state index contributed by atoms with van der Waals surface area (Å²) in [6.07, 6.45) is -15.9. The molecule has 0 spiro atoms. The minimum Gasteiger partial charge on any atom is -0.870 e. The molecule has 0 radical (unpaired) electrons. The largest absolute Gasteiger partial charge is 1.00 e. The molecule has 4 aliphatic rings. The first-order valence-corrected chi connectivity index (χ1v) is 29.4. The number of hydrogen-bond acceptors (Lipinski definition) is 16. The molecule has 41 heteroatoms. The van der Waals surface area contributed by atoms with Crippen molar-refractivity contribution in [2.24, 2.45) is 22.9 Å². The third-order valence-electron chi connectivity index (χ3n) is 15.1. The van der Waals surface area contributed by atoms with Gasteiger partial charge in [-0.05, 0) is 119 Å². The normalized spacial score (nSPS) is 17.3. The van der Waals surface area contributed by atoms with E-state index in [0.717, 1.165) is 77.9 Å². The Hall–Kier alpha value is -11.1. The van der Waals surface area contributed by atoms with Crippen LogP contribution in [-0.4, -0.2) is 120 Å². The van der Waals surface area contributed by atoms with Crippen LogP contribution in [0, 0.1) is 17.8 Å². The van der Waals surface area contributed by atoms with Crippen LogP contribution in [0.4, 0.5) is 84.7 Å². The fourth-order valence-corrected chi connectivity index (χ4v) is 9.61. The molecule has 6 atom stereocenters. The molecular weight excluding hydrogens is 1480 g/mol. The zero-order valence-corrected chi connectivity index (χ0v) is 54.6. The summed E-state index contributed by atoms with van der Waals surface area (Å²) >= 11 is 0. The molecule has 8 aromatic rings. The number of carboxylic acids is 2. The van der Waals surface area contributed by atoms with Crippen LogP contribution in [0.3, 0.4) is 0 Å². The number of methoxy groups -OCH3 is 2. The van der Waals surface area contributed by atoms with Gasteiger partial charge in [-0.25, -0.2) is 15.0 Å². The number of hydrogen-bond donors (Lipinski definition) is 5. The molecule has 6 unspecified atom stereocenters. The molecule has 22 nitrogen and oxygen atoms in total. The van der Waals surface area contributed by atoms with E-state index in [1.54, 1.807) is 18.3 Å². The predicted octanol–water partition coefficient (Wildman–Crippen LogP) is 10.6. The summed E-state index contributed by atoms with van der Waals surface area (Å²) in [7, 11) is 2.50. The van der Waals surface area contributed by atoms with Crippen LogP contribution in [0.25, 0.3) is 28.2 Å². The number of pyridine rings is 5. The Morgan fingerprint density at radius 3 is 1.34 bits per heavy atom. The average molecular weight is 1530 g/mol. The Balaban J connectivity index is 0.000000292. The van der Waals surface area contributed by atoms with Crippen molar-refractivity contribution in [3.05, 3.63) is 208 Å². The number of alkyl halides is 18. The van der Waals surface area contributed by atoms with Crippen LogP contribution in [0.5, 0.6) is 0 Å². The maximum Gasteiger partial charge on any atom is 1.00 e. The number of carbonyl (C=O) groups is 7. The number of esters is 2. The SMILES string of the molecule is COC(=O)/C=C/c1ccc(C(F)(F)F)nc1.COC(=O)C1CC1c1ccc(C(F)(F)F)nc1.O.O=C(O)C(F)(F)F.O=C(O)C1CC1c1ccc(C(F)(F)F)nc1.O=C1NN=Cc2c(-c3ccccc3)[nH]c3cc(NC(=O)C4CC4c4ccc(C(F)(F)F)nc4)cc1c23.O=Cc1ccc(C(F)(F)F)nc1.[Li+].[OH-]. The fraction of sp³-hybridized carbons (Fsp3) is 0.258. The summed E-state index contributed by atoms with van der Waals surface area (Å²) in [5, 5.41) is 23.4. The molecule has 1 aliphatic heterocycles. The Bertz CT molecular complexity index is 4450. The molecule has 0 saturated heterocycles. The quantitative estimate of drug-likeness (QED) is 0.0264. The van der Waals surface area contributed by atoms with Gasteiger partial charge in [0.1, 0.15) is 28.5 Å². The summed E-state index contributed by atoms with van der Waals surface area (Å²) in [4.78, 5) is 96.8. The van der Waals surface area contributed by atoms with Crippen LogP contribution in [0.15, 0.2) is 145 Å². The zero-order chi connectivity index (χ0) is 77.0. The number of anilines is 1.